The molecule has 0 atom stereocenters. The van der Waals surface area contributed by atoms with E-state index in [-0.39, 0.29) is 25.9 Å². The molecule has 0 spiro atoms. The molecule has 0 N–H and O–H groups in total. The number of alkyl halides is 2. The molecule has 0 aliphatic carbocycles. The van der Waals surface area contributed by atoms with E-state index in [9.17, 15) is 8.78 Å². The second kappa shape index (κ2) is 5.11. The molecule has 1 fully saturated rings. The quantitative estimate of drug-likeness (QED) is 0.846. The Kier molecular flexibility index (Phi) is 3.30. The Hall–Kier alpha value is -2.11. The molecule has 2 aromatic rings. The van der Waals surface area contributed by atoms with E-state index in [1.807, 2.05) is 35.2 Å². The zero-order valence-corrected chi connectivity index (χ0v) is 10.8. The summed E-state index contributed by atoms with van der Waals surface area (Å²) in [5, 5.41) is 7.89. The van der Waals surface area contributed by atoms with Crippen molar-refractivity contribution < 1.29 is 8.78 Å². The molecule has 20 heavy (non-hydrogen) atoms. The van der Waals surface area contributed by atoms with Gasteiger partial charge in [0.1, 0.15) is 12.0 Å². The Labute approximate surface area is 115 Å². The minimum absolute atomic E-state index is 0.155. The monoisotopic (exact) mass is 276 g/mol. The first kappa shape index (κ1) is 12.9. The van der Waals surface area contributed by atoms with Crippen LogP contribution in [0.1, 0.15) is 12.8 Å². The number of hydrogen-bond donors (Lipinski definition) is 0. The summed E-state index contributed by atoms with van der Waals surface area (Å²) in [6, 6.07) is 9.58. The molecule has 0 bridgehead atoms. The van der Waals surface area contributed by atoms with Crippen molar-refractivity contribution in [1.29, 1.82) is 0 Å². The summed E-state index contributed by atoms with van der Waals surface area (Å²) >= 11 is 0. The summed E-state index contributed by atoms with van der Waals surface area (Å²) < 4.78 is 26.5. The number of halogens is 2. The highest BCUT2D eigenvalue weighted by Gasteiger charge is 2.35. The van der Waals surface area contributed by atoms with Crippen molar-refractivity contribution in [3.63, 3.8) is 0 Å². The lowest BCUT2D eigenvalue weighted by atomic mass is 10.1. The molecule has 2 heterocycles. The van der Waals surface area contributed by atoms with Crippen molar-refractivity contribution in [2.45, 2.75) is 18.8 Å². The second-order valence-electron chi connectivity index (χ2n) is 4.84. The van der Waals surface area contributed by atoms with Crippen LogP contribution in [-0.4, -0.2) is 34.2 Å². The van der Waals surface area contributed by atoms with Gasteiger partial charge < -0.3 is 4.90 Å². The van der Waals surface area contributed by atoms with Gasteiger partial charge in [-0.2, -0.15) is 0 Å². The molecule has 0 unspecified atom stereocenters. The van der Waals surface area contributed by atoms with Gasteiger partial charge in [0.2, 0.25) is 0 Å². The molecule has 1 aliphatic rings. The molecule has 0 saturated carbocycles. The van der Waals surface area contributed by atoms with Crippen LogP contribution in [-0.2, 0) is 0 Å². The van der Waals surface area contributed by atoms with Crippen molar-refractivity contribution in [3.05, 3.63) is 36.7 Å². The van der Waals surface area contributed by atoms with Crippen molar-refractivity contribution in [3.8, 4) is 11.3 Å². The number of anilines is 1. The maximum atomic E-state index is 13.2. The normalized spacial score (nSPS) is 18.0. The molecule has 3 rings (SSSR count). The zero-order chi connectivity index (χ0) is 14.0. The first-order chi connectivity index (χ1) is 9.66. The fourth-order valence-corrected chi connectivity index (χ4v) is 2.33. The third-order valence-electron chi connectivity index (χ3n) is 3.44. The molecule has 0 amide bonds. The van der Waals surface area contributed by atoms with Crippen LogP contribution in [0.3, 0.4) is 0 Å². The topological polar surface area (TPSA) is 41.9 Å². The van der Waals surface area contributed by atoms with Gasteiger partial charge in [-0.3, -0.25) is 0 Å². The first-order valence-electron chi connectivity index (χ1n) is 6.52. The largest absolute Gasteiger partial charge is 0.353 e. The number of rotatable bonds is 2. The lowest BCUT2D eigenvalue weighted by Crippen LogP contribution is -2.40. The summed E-state index contributed by atoms with van der Waals surface area (Å²) in [6.45, 7) is 0.542. The highest BCUT2D eigenvalue weighted by atomic mass is 19.3. The van der Waals surface area contributed by atoms with E-state index < -0.39 is 5.92 Å². The number of benzene rings is 1. The predicted molar refractivity (Wildman–Crippen MR) is 71.7 cm³/mol. The smallest absolute Gasteiger partial charge is 0.251 e. The Bertz CT molecular complexity index is 579. The van der Waals surface area contributed by atoms with Gasteiger partial charge in [-0.1, -0.05) is 30.3 Å². The lowest BCUT2D eigenvalue weighted by molar-refractivity contribution is -0.0221. The van der Waals surface area contributed by atoms with Crippen molar-refractivity contribution in [2.75, 3.05) is 18.0 Å². The van der Waals surface area contributed by atoms with Gasteiger partial charge in [0.05, 0.1) is 0 Å². The molecule has 1 aromatic carbocycles. The summed E-state index contributed by atoms with van der Waals surface area (Å²) in [4.78, 5) is 6.09. The first-order valence-corrected chi connectivity index (χ1v) is 6.52. The molecule has 1 aliphatic heterocycles. The van der Waals surface area contributed by atoms with Crippen LogP contribution in [0.15, 0.2) is 36.7 Å². The van der Waals surface area contributed by atoms with E-state index in [0.29, 0.717) is 11.5 Å². The Morgan fingerprint density at radius 2 is 1.75 bits per heavy atom. The van der Waals surface area contributed by atoms with E-state index in [2.05, 4.69) is 15.2 Å². The van der Waals surface area contributed by atoms with Gasteiger partial charge in [0.25, 0.3) is 5.92 Å². The number of nitrogens with zero attached hydrogens (tertiary/aromatic N) is 4. The van der Waals surface area contributed by atoms with E-state index in [4.69, 9.17) is 0 Å². The van der Waals surface area contributed by atoms with Crippen molar-refractivity contribution in [1.82, 2.24) is 15.2 Å². The van der Waals surface area contributed by atoms with Crippen molar-refractivity contribution >= 4 is 5.82 Å². The second-order valence-corrected chi connectivity index (χ2v) is 4.84. The van der Waals surface area contributed by atoms with E-state index in [1.165, 1.54) is 6.33 Å². The summed E-state index contributed by atoms with van der Waals surface area (Å²) in [5.41, 5.74) is 1.60. The Balaban J connectivity index is 1.91. The van der Waals surface area contributed by atoms with Crippen LogP contribution >= 0.6 is 0 Å². The highest BCUT2D eigenvalue weighted by Crippen LogP contribution is 2.32. The minimum Gasteiger partial charge on any atom is -0.353 e. The molecule has 4 nitrogen and oxygen atoms in total. The lowest BCUT2D eigenvalue weighted by Gasteiger charge is -2.32. The molecule has 104 valence electrons. The number of aromatic nitrogens is 3. The molecular formula is C14H14F2N4. The average molecular weight is 276 g/mol. The minimum atomic E-state index is -2.57. The highest BCUT2D eigenvalue weighted by molar-refractivity contribution is 5.71. The van der Waals surface area contributed by atoms with Crippen LogP contribution in [0.25, 0.3) is 11.3 Å². The predicted octanol–water partition coefficient (Wildman–Crippen LogP) is 2.77. The van der Waals surface area contributed by atoms with E-state index in [0.717, 1.165) is 5.56 Å². The van der Waals surface area contributed by atoms with Gasteiger partial charge in [-0.25, -0.2) is 13.8 Å². The molecule has 1 saturated heterocycles. The Morgan fingerprint density at radius 1 is 1.05 bits per heavy atom. The van der Waals surface area contributed by atoms with Crippen LogP contribution in [0.4, 0.5) is 14.6 Å². The third-order valence-corrected chi connectivity index (χ3v) is 3.44. The number of hydrogen-bond acceptors (Lipinski definition) is 4. The number of piperidine rings is 1. The van der Waals surface area contributed by atoms with Crippen LogP contribution in [0.2, 0.25) is 0 Å². The molecule has 0 radical (unpaired) electrons. The summed E-state index contributed by atoms with van der Waals surface area (Å²) in [6.07, 6.45) is 1.07. The average Bonchev–Trinajstić information content (AvgIpc) is 2.48. The van der Waals surface area contributed by atoms with E-state index in [1.54, 1.807) is 0 Å². The third kappa shape index (κ3) is 2.59. The van der Waals surface area contributed by atoms with Crippen LogP contribution < -0.4 is 4.90 Å². The van der Waals surface area contributed by atoms with Crippen LogP contribution in [0.5, 0.6) is 0 Å². The Morgan fingerprint density at radius 3 is 2.45 bits per heavy atom. The summed E-state index contributed by atoms with van der Waals surface area (Å²) in [5.74, 6) is -1.99. The van der Waals surface area contributed by atoms with Gasteiger partial charge in [-0.05, 0) is 0 Å². The molecular weight excluding hydrogens is 262 g/mol. The van der Waals surface area contributed by atoms with Gasteiger partial charge in [-0.15, -0.1) is 10.2 Å². The van der Waals surface area contributed by atoms with Crippen LogP contribution in [0, 0.1) is 0 Å². The summed E-state index contributed by atoms with van der Waals surface area (Å²) in [7, 11) is 0. The van der Waals surface area contributed by atoms with Gasteiger partial charge in [0, 0.05) is 31.5 Å². The van der Waals surface area contributed by atoms with Gasteiger partial charge in [0.15, 0.2) is 5.82 Å². The van der Waals surface area contributed by atoms with Gasteiger partial charge >= 0.3 is 0 Å². The van der Waals surface area contributed by atoms with E-state index >= 15 is 0 Å². The fraction of sp³-hybridized carbons (Fsp3) is 0.357. The standard InChI is InChI=1S/C14H14F2N4/c15-14(16)6-8-20(9-7-14)13-12(17-10-18-19-13)11-4-2-1-3-5-11/h1-5,10H,6-9H2. The molecule has 6 heteroatoms. The SMILES string of the molecule is FC1(F)CCN(c2nncnc2-c2ccccc2)CC1. The zero-order valence-electron chi connectivity index (χ0n) is 10.8. The maximum absolute atomic E-state index is 13.2. The maximum Gasteiger partial charge on any atom is 0.251 e. The molecule has 1 aromatic heterocycles. The van der Waals surface area contributed by atoms with Crippen molar-refractivity contribution in [2.24, 2.45) is 0 Å². The fourth-order valence-electron chi connectivity index (χ4n) is 2.33.